The van der Waals surface area contributed by atoms with Crippen molar-refractivity contribution in [2.24, 2.45) is 0 Å². The summed E-state index contributed by atoms with van der Waals surface area (Å²) in [5.74, 6) is 0. The maximum atomic E-state index is 5.82. The third-order valence-electron chi connectivity index (χ3n) is 1.97. The Balaban J connectivity index is 2.57. The molecule has 0 radical (unpaired) electrons. The maximum absolute atomic E-state index is 5.82. The fourth-order valence-corrected chi connectivity index (χ4v) is 3.16. The molecule has 3 heteroatoms. The molecule has 14 heavy (non-hydrogen) atoms. The van der Waals surface area contributed by atoms with Gasteiger partial charge >= 0.3 is 96.3 Å². The molecule has 2 aromatic carbocycles. The summed E-state index contributed by atoms with van der Waals surface area (Å²) in [4.78, 5) is 0. The van der Waals surface area contributed by atoms with E-state index in [2.05, 4.69) is 24.3 Å². The number of rotatable bonds is 1. The van der Waals surface area contributed by atoms with Crippen LogP contribution in [0, 0.1) is 0 Å². The van der Waals surface area contributed by atoms with E-state index in [1.807, 2.05) is 22.8 Å². The van der Waals surface area contributed by atoms with Gasteiger partial charge in [-0.15, -0.1) is 0 Å². The molecule has 0 nitrogen and oxygen atoms in total. The zero-order valence-electron chi connectivity index (χ0n) is 7.23. The van der Waals surface area contributed by atoms with Gasteiger partial charge in [0.1, 0.15) is 0 Å². The molecule has 0 bridgehead atoms. The van der Waals surface area contributed by atoms with Crippen LogP contribution < -0.4 is 0 Å². The summed E-state index contributed by atoms with van der Waals surface area (Å²) < 4.78 is 1.96. The molecule has 0 spiro atoms. The Hall–Kier alpha value is -0.227. The monoisotopic (exact) mass is 312 g/mol. The van der Waals surface area contributed by atoms with Gasteiger partial charge in [-0.25, -0.2) is 0 Å². The molecule has 0 saturated carbocycles. The van der Waals surface area contributed by atoms with Crippen LogP contribution in [-0.2, 0) is 13.5 Å². The molecule has 0 unspecified atom stereocenters. The van der Waals surface area contributed by atoms with Crippen LogP contribution in [-0.4, -0.2) is 4.61 Å². The Bertz CT molecular complexity index is 487. The molecule has 0 amide bonds. The summed E-state index contributed by atoms with van der Waals surface area (Å²) in [7, 11) is 11.6. The first-order valence-corrected chi connectivity index (χ1v) is 9.56. The third kappa shape index (κ3) is 2.42. The SMILES string of the molecule is [Cl][Ru]([Cl])=[CH]c1ccc2ccccc2c1. The number of benzene rings is 2. The second kappa shape index (κ2) is 4.53. The molecule has 0 aliphatic carbocycles. The van der Waals surface area contributed by atoms with Crippen molar-refractivity contribution in [2.45, 2.75) is 0 Å². The summed E-state index contributed by atoms with van der Waals surface area (Å²) >= 11 is -1.70. The van der Waals surface area contributed by atoms with Crippen LogP contribution in [0.3, 0.4) is 0 Å². The molecule has 0 heterocycles. The van der Waals surface area contributed by atoms with Crippen LogP contribution in [0.25, 0.3) is 10.8 Å². The molecule has 0 N–H and O–H groups in total. The Morgan fingerprint density at radius 2 is 1.64 bits per heavy atom. The molecule has 0 aliphatic heterocycles. The van der Waals surface area contributed by atoms with Gasteiger partial charge in [0.25, 0.3) is 0 Å². The van der Waals surface area contributed by atoms with E-state index in [1.165, 1.54) is 10.8 Å². The molecule has 0 saturated heterocycles. The van der Waals surface area contributed by atoms with Crippen LogP contribution in [0.1, 0.15) is 5.56 Å². The van der Waals surface area contributed by atoms with E-state index in [0.717, 1.165) is 5.56 Å². The molecule has 0 aromatic heterocycles. The topological polar surface area (TPSA) is 0 Å². The van der Waals surface area contributed by atoms with E-state index in [0.29, 0.717) is 0 Å². The molecule has 2 rings (SSSR count). The molecule has 0 aliphatic rings. The normalized spacial score (nSPS) is 11.4. The van der Waals surface area contributed by atoms with E-state index in [1.54, 1.807) is 0 Å². The number of halogens is 2. The Kier molecular flexibility index (Phi) is 3.33. The van der Waals surface area contributed by atoms with Crippen molar-refractivity contribution in [2.75, 3.05) is 0 Å². The summed E-state index contributed by atoms with van der Waals surface area (Å²) in [5.41, 5.74) is 1.12. The number of hydrogen-bond donors (Lipinski definition) is 0. The van der Waals surface area contributed by atoms with Crippen molar-refractivity contribution in [1.82, 2.24) is 0 Å². The van der Waals surface area contributed by atoms with Gasteiger partial charge in [-0.05, 0) is 0 Å². The summed E-state index contributed by atoms with van der Waals surface area (Å²) in [6, 6.07) is 14.5. The van der Waals surface area contributed by atoms with Crippen molar-refractivity contribution in [1.29, 1.82) is 0 Å². The van der Waals surface area contributed by atoms with Gasteiger partial charge in [0.2, 0.25) is 0 Å². The summed E-state index contributed by atoms with van der Waals surface area (Å²) in [5, 5.41) is 2.47. The summed E-state index contributed by atoms with van der Waals surface area (Å²) in [6.45, 7) is 0. The van der Waals surface area contributed by atoms with E-state index in [4.69, 9.17) is 19.4 Å². The third-order valence-corrected chi connectivity index (χ3v) is 3.84. The quantitative estimate of drug-likeness (QED) is 0.700. The Labute approximate surface area is 96.0 Å². The van der Waals surface area contributed by atoms with Crippen LogP contribution in [0.4, 0.5) is 0 Å². The first-order chi connectivity index (χ1) is 6.75. The van der Waals surface area contributed by atoms with Gasteiger partial charge < -0.3 is 0 Å². The van der Waals surface area contributed by atoms with Crippen molar-refractivity contribution < 1.29 is 13.5 Å². The first kappa shape index (κ1) is 10.3. The van der Waals surface area contributed by atoms with Gasteiger partial charge in [-0.3, -0.25) is 0 Å². The van der Waals surface area contributed by atoms with Gasteiger partial charge in [-0.2, -0.15) is 0 Å². The van der Waals surface area contributed by atoms with Gasteiger partial charge in [0.15, 0.2) is 0 Å². The average Bonchev–Trinajstić information content (AvgIpc) is 2.17. The second-order valence-corrected chi connectivity index (χ2v) is 8.64. The predicted molar refractivity (Wildman–Crippen MR) is 60.8 cm³/mol. The van der Waals surface area contributed by atoms with Crippen molar-refractivity contribution in [3.8, 4) is 0 Å². The fraction of sp³-hybridized carbons (Fsp3) is 0. The van der Waals surface area contributed by atoms with Gasteiger partial charge in [0, 0.05) is 0 Å². The minimum atomic E-state index is -1.70. The Morgan fingerprint density at radius 3 is 2.36 bits per heavy atom. The molecular formula is C11H8Cl2Ru. The second-order valence-electron chi connectivity index (χ2n) is 2.91. The van der Waals surface area contributed by atoms with Crippen molar-refractivity contribution in [3.05, 3.63) is 48.0 Å². The molecule has 2 aromatic rings. The predicted octanol–water partition coefficient (Wildman–Crippen LogP) is 3.92. The van der Waals surface area contributed by atoms with E-state index >= 15 is 0 Å². The van der Waals surface area contributed by atoms with E-state index < -0.39 is 13.5 Å². The van der Waals surface area contributed by atoms with Crippen molar-refractivity contribution in [3.63, 3.8) is 0 Å². The fourth-order valence-electron chi connectivity index (χ4n) is 1.36. The standard InChI is InChI=1S/C11H8.2ClH.Ru/c1-9-6-7-10-4-2-3-5-11(10)8-9;;;/h1-8H;2*1H;/q;;;+2/p-2. The molecule has 0 fully saturated rings. The molecule has 74 valence electrons. The zero-order valence-corrected chi connectivity index (χ0v) is 10.5. The van der Waals surface area contributed by atoms with Crippen LogP contribution in [0.5, 0.6) is 0 Å². The van der Waals surface area contributed by atoms with Crippen LogP contribution in [0.2, 0.25) is 0 Å². The number of fused-ring (bicyclic) bond motifs is 1. The number of hydrogen-bond acceptors (Lipinski definition) is 0. The molecule has 0 atom stereocenters. The van der Waals surface area contributed by atoms with Crippen LogP contribution >= 0.6 is 19.4 Å². The Morgan fingerprint density at radius 1 is 0.929 bits per heavy atom. The van der Waals surface area contributed by atoms with Gasteiger partial charge in [-0.1, -0.05) is 0 Å². The minimum absolute atomic E-state index is 1.12. The first-order valence-electron chi connectivity index (χ1n) is 4.08. The van der Waals surface area contributed by atoms with E-state index in [-0.39, 0.29) is 0 Å². The summed E-state index contributed by atoms with van der Waals surface area (Å²) in [6.07, 6.45) is 0. The van der Waals surface area contributed by atoms with Crippen molar-refractivity contribution >= 4 is 34.8 Å². The van der Waals surface area contributed by atoms with Gasteiger partial charge in [0.05, 0.1) is 0 Å². The van der Waals surface area contributed by atoms with E-state index in [9.17, 15) is 0 Å². The van der Waals surface area contributed by atoms with Crippen LogP contribution in [0.15, 0.2) is 42.5 Å². The average molecular weight is 312 g/mol. The molecular weight excluding hydrogens is 304 g/mol. The zero-order chi connectivity index (χ0) is 9.97.